The lowest BCUT2D eigenvalue weighted by molar-refractivity contribution is -0.115. The van der Waals surface area contributed by atoms with Crippen LogP contribution < -0.4 is 10.6 Å². The van der Waals surface area contributed by atoms with Crippen LogP contribution in [0.5, 0.6) is 0 Å². The number of aryl methyl sites for hydroxylation is 1. The molecule has 0 aromatic carbocycles. The Balaban J connectivity index is 3.11. The Morgan fingerprint density at radius 3 is 2.19 bits per heavy atom. The van der Waals surface area contributed by atoms with Gasteiger partial charge in [-0.1, -0.05) is 0 Å². The highest BCUT2D eigenvalue weighted by molar-refractivity contribution is 14.1. The maximum atomic E-state index is 10.9. The molecule has 0 radical (unpaired) electrons. The SMILES string of the molecule is CC(=O)Nc1nc(C)c(I)c(NC(C)=O)n1. The average molecular weight is 334 g/mol. The summed E-state index contributed by atoms with van der Waals surface area (Å²) in [6.07, 6.45) is 0. The zero-order valence-corrected chi connectivity index (χ0v) is 11.2. The molecule has 0 bridgehead atoms. The lowest BCUT2D eigenvalue weighted by Gasteiger charge is -2.09. The molecular weight excluding hydrogens is 323 g/mol. The van der Waals surface area contributed by atoms with E-state index in [4.69, 9.17) is 0 Å². The van der Waals surface area contributed by atoms with Crippen LogP contribution in [0.4, 0.5) is 11.8 Å². The molecule has 0 fully saturated rings. The summed E-state index contributed by atoms with van der Waals surface area (Å²) in [4.78, 5) is 29.9. The molecule has 0 unspecified atom stereocenters. The molecule has 16 heavy (non-hydrogen) atoms. The quantitative estimate of drug-likeness (QED) is 0.799. The Labute approximate surface area is 106 Å². The summed E-state index contributed by atoms with van der Waals surface area (Å²) in [5, 5.41) is 5.05. The van der Waals surface area contributed by atoms with Crippen molar-refractivity contribution in [1.29, 1.82) is 0 Å². The average Bonchev–Trinajstić information content (AvgIpc) is 2.11. The van der Waals surface area contributed by atoms with E-state index in [1.54, 1.807) is 6.92 Å². The van der Waals surface area contributed by atoms with Crippen LogP contribution in [0.2, 0.25) is 0 Å². The highest BCUT2D eigenvalue weighted by Gasteiger charge is 2.10. The first-order chi connectivity index (χ1) is 7.40. The second-order valence-corrected chi connectivity index (χ2v) is 4.24. The number of hydrogen-bond donors (Lipinski definition) is 2. The Bertz CT molecular complexity index is 447. The second kappa shape index (κ2) is 5.19. The van der Waals surface area contributed by atoms with Crippen molar-refractivity contribution in [2.24, 2.45) is 0 Å². The fraction of sp³-hybridized carbons (Fsp3) is 0.333. The van der Waals surface area contributed by atoms with Crippen molar-refractivity contribution >= 4 is 46.2 Å². The van der Waals surface area contributed by atoms with Gasteiger partial charge in [0, 0.05) is 13.8 Å². The Morgan fingerprint density at radius 2 is 1.69 bits per heavy atom. The van der Waals surface area contributed by atoms with Crippen molar-refractivity contribution in [1.82, 2.24) is 9.97 Å². The van der Waals surface area contributed by atoms with Crippen molar-refractivity contribution in [3.8, 4) is 0 Å². The number of nitrogens with zero attached hydrogens (tertiary/aromatic N) is 2. The number of anilines is 2. The Morgan fingerprint density at radius 1 is 1.12 bits per heavy atom. The van der Waals surface area contributed by atoms with Crippen LogP contribution in [0.1, 0.15) is 19.5 Å². The summed E-state index contributed by atoms with van der Waals surface area (Å²) in [5.41, 5.74) is 0.697. The summed E-state index contributed by atoms with van der Waals surface area (Å²) < 4.78 is 0.752. The minimum Gasteiger partial charge on any atom is -0.310 e. The molecule has 2 N–H and O–H groups in total. The van der Waals surface area contributed by atoms with Crippen molar-refractivity contribution in [3.05, 3.63) is 9.26 Å². The predicted octanol–water partition coefficient (Wildman–Crippen LogP) is 1.31. The van der Waals surface area contributed by atoms with Crippen LogP contribution in [-0.2, 0) is 9.59 Å². The van der Waals surface area contributed by atoms with Crippen molar-refractivity contribution in [3.63, 3.8) is 0 Å². The first-order valence-corrected chi connectivity index (χ1v) is 5.57. The normalized spacial score (nSPS) is 9.75. The minimum absolute atomic E-state index is 0.189. The van der Waals surface area contributed by atoms with Crippen LogP contribution in [0.25, 0.3) is 0 Å². The standard InChI is InChI=1S/C9H11IN4O2/c1-4-7(10)8(12-5(2)15)14-9(11-4)13-6(3)16/h1-3H3,(H2,11,12,13,14,15,16). The smallest absolute Gasteiger partial charge is 0.231 e. The number of carbonyl (C=O) groups is 2. The van der Waals surface area contributed by atoms with Gasteiger partial charge in [0.1, 0.15) is 0 Å². The van der Waals surface area contributed by atoms with Gasteiger partial charge in [-0.3, -0.25) is 14.9 Å². The van der Waals surface area contributed by atoms with E-state index in [-0.39, 0.29) is 17.8 Å². The van der Waals surface area contributed by atoms with Gasteiger partial charge in [0.15, 0.2) is 5.82 Å². The molecular formula is C9H11IN4O2. The van der Waals surface area contributed by atoms with Gasteiger partial charge in [-0.05, 0) is 29.5 Å². The minimum atomic E-state index is -0.255. The van der Waals surface area contributed by atoms with E-state index in [0.717, 1.165) is 3.57 Å². The van der Waals surface area contributed by atoms with Gasteiger partial charge >= 0.3 is 0 Å². The van der Waals surface area contributed by atoms with Crippen LogP contribution >= 0.6 is 22.6 Å². The molecule has 1 rings (SSSR count). The summed E-state index contributed by atoms with van der Waals surface area (Å²) in [7, 11) is 0. The number of nitrogens with one attached hydrogen (secondary N) is 2. The van der Waals surface area contributed by atoms with E-state index in [9.17, 15) is 9.59 Å². The summed E-state index contributed by atoms with van der Waals surface area (Å²) in [5.74, 6) is 0.123. The number of halogens is 1. The predicted molar refractivity (Wildman–Crippen MR) is 68.1 cm³/mol. The third-order valence-corrected chi connectivity index (χ3v) is 2.89. The van der Waals surface area contributed by atoms with Gasteiger partial charge in [0.05, 0.1) is 9.26 Å². The Hall–Kier alpha value is -1.25. The first-order valence-electron chi connectivity index (χ1n) is 4.49. The van der Waals surface area contributed by atoms with E-state index in [1.165, 1.54) is 13.8 Å². The monoisotopic (exact) mass is 334 g/mol. The molecule has 0 aliphatic carbocycles. The van der Waals surface area contributed by atoms with E-state index in [1.807, 2.05) is 22.6 Å². The van der Waals surface area contributed by atoms with Crippen LogP contribution in [-0.4, -0.2) is 21.8 Å². The summed E-state index contributed by atoms with van der Waals surface area (Å²) in [6, 6.07) is 0. The molecule has 0 aliphatic heterocycles. The van der Waals surface area contributed by atoms with Crippen LogP contribution in [0.15, 0.2) is 0 Å². The topological polar surface area (TPSA) is 84.0 Å². The third-order valence-electron chi connectivity index (χ3n) is 1.60. The number of amides is 2. The fourth-order valence-electron chi connectivity index (χ4n) is 1.02. The third kappa shape index (κ3) is 3.40. The van der Waals surface area contributed by atoms with E-state index in [0.29, 0.717) is 11.5 Å². The molecule has 1 aromatic heterocycles. The van der Waals surface area contributed by atoms with Gasteiger partial charge in [-0.2, -0.15) is 4.98 Å². The van der Waals surface area contributed by atoms with Crippen molar-refractivity contribution < 1.29 is 9.59 Å². The number of hydrogen-bond acceptors (Lipinski definition) is 4. The second-order valence-electron chi connectivity index (χ2n) is 3.16. The summed E-state index contributed by atoms with van der Waals surface area (Å²) >= 11 is 2.04. The maximum Gasteiger partial charge on any atom is 0.231 e. The molecule has 6 nitrogen and oxygen atoms in total. The summed E-state index contributed by atoms with van der Waals surface area (Å²) in [6.45, 7) is 4.54. The van der Waals surface area contributed by atoms with Gasteiger partial charge in [-0.15, -0.1) is 0 Å². The molecule has 0 atom stereocenters. The van der Waals surface area contributed by atoms with Gasteiger partial charge in [-0.25, -0.2) is 4.98 Å². The molecule has 86 valence electrons. The highest BCUT2D eigenvalue weighted by atomic mass is 127. The Kier molecular flexibility index (Phi) is 4.16. The van der Waals surface area contributed by atoms with Crippen LogP contribution in [0.3, 0.4) is 0 Å². The van der Waals surface area contributed by atoms with E-state index in [2.05, 4.69) is 20.6 Å². The molecule has 1 heterocycles. The molecule has 7 heteroatoms. The molecule has 2 amide bonds. The molecule has 0 aliphatic rings. The van der Waals surface area contributed by atoms with E-state index < -0.39 is 0 Å². The fourth-order valence-corrected chi connectivity index (χ4v) is 1.40. The van der Waals surface area contributed by atoms with Crippen LogP contribution in [0, 0.1) is 10.5 Å². The molecule has 0 saturated heterocycles. The largest absolute Gasteiger partial charge is 0.310 e. The van der Waals surface area contributed by atoms with Crippen molar-refractivity contribution in [2.75, 3.05) is 10.6 Å². The lowest BCUT2D eigenvalue weighted by atomic mass is 10.4. The van der Waals surface area contributed by atoms with E-state index >= 15 is 0 Å². The van der Waals surface area contributed by atoms with Gasteiger partial charge < -0.3 is 5.32 Å². The lowest BCUT2D eigenvalue weighted by Crippen LogP contribution is -2.15. The number of carbonyl (C=O) groups excluding carboxylic acids is 2. The number of aromatic nitrogens is 2. The number of rotatable bonds is 2. The van der Waals surface area contributed by atoms with Crippen molar-refractivity contribution in [2.45, 2.75) is 20.8 Å². The maximum absolute atomic E-state index is 10.9. The zero-order chi connectivity index (χ0) is 12.3. The molecule has 0 saturated carbocycles. The first kappa shape index (κ1) is 12.8. The highest BCUT2D eigenvalue weighted by Crippen LogP contribution is 2.20. The van der Waals surface area contributed by atoms with Gasteiger partial charge in [0.2, 0.25) is 17.8 Å². The zero-order valence-electron chi connectivity index (χ0n) is 9.09. The van der Waals surface area contributed by atoms with Gasteiger partial charge in [0.25, 0.3) is 0 Å². The molecule has 0 spiro atoms. The molecule has 1 aromatic rings.